The number of rotatable bonds is 6. The Morgan fingerprint density at radius 1 is 1.29 bits per heavy atom. The Hall–Kier alpha value is -2.48. The molecule has 24 heavy (non-hydrogen) atoms. The molecule has 0 aliphatic heterocycles. The van der Waals surface area contributed by atoms with Gasteiger partial charge in [-0.1, -0.05) is 22.0 Å². The summed E-state index contributed by atoms with van der Waals surface area (Å²) in [5, 5.41) is 16.6. The van der Waals surface area contributed by atoms with E-state index in [4.69, 9.17) is 0 Å². The summed E-state index contributed by atoms with van der Waals surface area (Å²) in [6.45, 7) is 3.95. The fourth-order valence-electron chi connectivity index (χ4n) is 2.08. The van der Waals surface area contributed by atoms with Gasteiger partial charge >= 0.3 is 0 Å². The number of anilines is 2. The van der Waals surface area contributed by atoms with Crippen LogP contribution in [-0.2, 0) is 4.79 Å². The van der Waals surface area contributed by atoms with Crippen molar-refractivity contribution in [2.45, 2.75) is 20.3 Å². The lowest BCUT2D eigenvalue weighted by Crippen LogP contribution is -2.17. The summed E-state index contributed by atoms with van der Waals surface area (Å²) < 4.78 is 0.895. The van der Waals surface area contributed by atoms with Crippen molar-refractivity contribution in [1.29, 1.82) is 0 Å². The van der Waals surface area contributed by atoms with Gasteiger partial charge in [-0.15, -0.1) is 0 Å². The molecule has 7 nitrogen and oxygen atoms in total. The predicted molar refractivity (Wildman–Crippen MR) is 96.2 cm³/mol. The molecule has 0 atom stereocenters. The molecule has 0 saturated heterocycles. The molecule has 0 unspecified atom stereocenters. The maximum absolute atomic E-state index is 12.0. The number of hydrogen-bond donors (Lipinski definition) is 2. The van der Waals surface area contributed by atoms with Gasteiger partial charge in [0.05, 0.1) is 4.92 Å². The van der Waals surface area contributed by atoms with Gasteiger partial charge in [0.15, 0.2) is 0 Å². The number of nitrogens with zero attached hydrogens (tertiary/aromatic N) is 2. The normalized spacial score (nSPS) is 10.3. The Kier molecular flexibility index (Phi) is 5.86. The van der Waals surface area contributed by atoms with E-state index in [9.17, 15) is 14.9 Å². The van der Waals surface area contributed by atoms with Crippen LogP contribution in [0.4, 0.5) is 17.2 Å². The molecule has 0 aliphatic rings. The second-order valence-electron chi connectivity index (χ2n) is 5.30. The molecule has 1 aromatic carbocycles. The van der Waals surface area contributed by atoms with Crippen molar-refractivity contribution < 1.29 is 9.72 Å². The largest absolute Gasteiger partial charge is 0.370 e. The van der Waals surface area contributed by atoms with E-state index >= 15 is 0 Å². The number of carbonyl (C=O) groups excluding carboxylic acids is 1. The maximum Gasteiger partial charge on any atom is 0.290 e. The number of nitrogens with one attached hydrogen (secondary N) is 2. The van der Waals surface area contributed by atoms with Crippen molar-refractivity contribution in [3.05, 3.63) is 56.2 Å². The van der Waals surface area contributed by atoms with Gasteiger partial charge < -0.3 is 10.6 Å². The number of benzene rings is 1. The molecule has 0 aliphatic carbocycles. The van der Waals surface area contributed by atoms with Crippen molar-refractivity contribution in [2.75, 3.05) is 17.2 Å². The van der Waals surface area contributed by atoms with Crippen molar-refractivity contribution >= 4 is 39.0 Å². The first-order chi connectivity index (χ1) is 11.4. The molecule has 1 amide bonds. The number of pyridine rings is 1. The predicted octanol–water partition coefficient (Wildman–Crippen LogP) is 3.81. The Morgan fingerprint density at radius 2 is 2.04 bits per heavy atom. The van der Waals surface area contributed by atoms with Gasteiger partial charge in [0.1, 0.15) is 12.0 Å². The minimum absolute atomic E-state index is 0.0246. The first kappa shape index (κ1) is 17.9. The van der Waals surface area contributed by atoms with E-state index in [1.54, 1.807) is 13.0 Å². The zero-order valence-corrected chi connectivity index (χ0v) is 14.9. The summed E-state index contributed by atoms with van der Waals surface area (Å²) in [7, 11) is 0. The van der Waals surface area contributed by atoms with Crippen LogP contribution in [0.2, 0.25) is 0 Å². The van der Waals surface area contributed by atoms with E-state index in [0.717, 1.165) is 15.7 Å². The molecule has 0 saturated carbocycles. The number of halogens is 1. The molecule has 8 heteroatoms. The third-order valence-corrected chi connectivity index (χ3v) is 3.91. The summed E-state index contributed by atoms with van der Waals surface area (Å²) in [5.74, 6) is 0.381. The monoisotopic (exact) mass is 392 g/mol. The van der Waals surface area contributed by atoms with E-state index in [1.807, 2.05) is 25.1 Å². The third-order valence-electron chi connectivity index (χ3n) is 3.41. The standard InChI is InChI=1S/C16H17BrN4O3/c1-10-3-4-12(17)8-13(10)20-16(22)5-6-18-15-7-11(2)14(9-19-15)21(23)24/h3-4,7-9H,5-6H2,1-2H3,(H,18,19)(H,20,22). The van der Waals surface area contributed by atoms with Gasteiger partial charge in [-0.05, 0) is 37.6 Å². The molecular formula is C16H17BrN4O3. The van der Waals surface area contributed by atoms with Crippen LogP contribution in [0.3, 0.4) is 0 Å². The number of hydrogen-bond acceptors (Lipinski definition) is 5. The van der Waals surface area contributed by atoms with Crippen LogP contribution in [0.25, 0.3) is 0 Å². The van der Waals surface area contributed by atoms with E-state index in [-0.39, 0.29) is 18.0 Å². The molecule has 0 bridgehead atoms. The highest BCUT2D eigenvalue weighted by Gasteiger charge is 2.11. The van der Waals surface area contributed by atoms with Crippen LogP contribution >= 0.6 is 15.9 Å². The number of nitro groups is 1. The number of amides is 1. The summed E-state index contributed by atoms with van der Waals surface area (Å²) in [6, 6.07) is 7.27. The lowest BCUT2D eigenvalue weighted by molar-refractivity contribution is -0.385. The quantitative estimate of drug-likeness (QED) is 0.575. The van der Waals surface area contributed by atoms with E-state index in [2.05, 4.69) is 31.5 Å². The van der Waals surface area contributed by atoms with Crippen LogP contribution in [-0.4, -0.2) is 22.4 Å². The second-order valence-corrected chi connectivity index (χ2v) is 6.21. The first-order valence-electron chi connectivity index (χ1n) is 7.27. The number of carbonyl (C=O) groups is 1. The molecule has 126 valence electrons. The zero-order chi connectivity index (χ0) is 17.7. The third kappa shape index (κ3) is 4.76. The second kappa shape index (κ2) is 7.87. The fraction of sp³-hybridized carbons (Fsp3) is 0.250. The Balaban J connectivity index is 1.87. The molecule has 1 aromatic heterocycles. The number of aryl methyl sites for hydroxylation is 2. The van der Waals surface area contributed by atoms with Crippen molar-refractivity contribution in [2.24, 2.45) is 0 Å². The minimum Gasteiger partial charge on any atom is -0.370 e. The molecule has 0 radical (unpaired) electrons. The molecule has 2 rings (SSSR count). The molecule has 2 aromatic rings. The topological polar surface area (TPSA) is 97.2 Å². The van der Waals surface area contributed by atoms with Crippen LogP contribution in [0.5, 0.6) is 0 Å². The van der Waals surface area contributed by atoms with Gasteiger partial charge in [0.2, 0.25) is 5.91 Å². The molecule has 2 N–H and O–H groups in total. The Labute approximate surface area is 147 Å². The summed E-state index contributed by atoms with van der Waals surface area (Å²) in [6.07, 6.45) is 1.46. The highest BCUT2D eigenvalue weighted by molar-refractivity contribution is 9.10. The first-order valence-corrected chi connectivity index (χ1v) is 8.07. The van der Waals surface area contributed by atoms with E-state index in [1.165, 1.54) is 6.20 Å². The van der Waals surface area contributed by atoms with Crippen LogP contribution in [0, 0.1) is 24.0 Å². The summed E-state index contributed by atoms with van der Waals surface area (Å²) in [4.78, 5) is 26.3. The number of aromatic nitrogens is 1. The SMILES string of the molecule is Cc1ccc(Br)cc1NC(=O)CCNc1cc(C)c([N+](=O)[O-])cn1. The smallest absolute Gasteiger partial charge is 0.290 e. The van der Waals surface area contributed by atoms with E-state index < -0.39 is 4.92 Å². The molecule has 0 spiro atoms. The van der Waals surface area contributed by atoms with Crippen LogP contribution in [0.15, 0.2) is 34.9 Å². The lowest BCUT2D eigenvalue weighted by atomic mass is 10.2. The van der Waals surface area contributed by atoms with Gasteiger partial charge in [0, 0.05) is 28.7 Å². The maximum atomic E-state index is 12.0. The van der Waals surface area contributed by atoms with Crippen LogP contribution < -0.4 is 10.6 Å². The van der Waals surface area contributed by atoms with Crippen molar-refractivity contribution in [1.82, 2.24) is 4.98 Å². The van der Waals surface area contributed by atoms with Crippen molar-refractivity contribution in [3.8, 4) is 0 Å². The minimum atomic E-state index is -0.472. The van der Waals surface area contributed by atoms with E-state index in [0.29, 0.717) is 17.9 Å². The fourth-order valence-corrected chi connectivity index (χ4v) is 2.44. The Bertz CT molecular complexity index is 780. The lowest BCUT2D eigenvalue weighted by Gasteiger charge is -2.10. The molecular weight excluding hydrogens is 376 g/mol. The van der Waals surface area contributed by atoms with Gasteiger partial charge in [-0.2, -0.15) is 0 Å². The van der Waals surface area contributed by atoms with Gasteiger partial charge in [0.25, 0.3) is 5.69 Å². The molecule has 0 fully saturated rings. The van der Waals surface area contributed by atoms with Gasteiger partial charge in [-0.3, -0.25) is 14.9 Å². The average molecular weight is 393 g/mol. The summed E-state index contributed by atoms with van der Waals surface area (Å²) >= 11 is 3.37. The van der Waals surface area contributed by atoms with Crippen LogP contribution in [0.1, 0.15) is 17.5 Å². The highest BCUT2D eigenvalue weighted by Crippen LogP contribution is 2.21. The van der Waals surface area contributed by atoms with Gasteiger partial charge in [-0.25, -0.2) is 4.98 Å². The Morgan fingerprint density at radius 3 is 2.71 bits per heavy atom. The molecule has 1 heterocycles. The average Bonchev–Trinajstić information content (AvgIpc) is 2.50. The summed E-state index contributed by atoms with van der Waals surface area (Å²) in [5.41, 5.74) is 2.24. The zero-order valence-electron chi connectivity index (χ0n) is 13.3. The van der Waals surface area contributed by atoms with Crippen molar-refractivity contribution in [3.63, 3.8) is 0 Å². The highest BCUT2D eigenvalue weighted by atomic mass is 79.9.